The van der Waals surface area contributed by atoms with E-state index in [0.717, 1.165) is 6.07 Å². The van der Waals surface area contributed by atoms with Gasteiger partial charge in [-0.3, -0.25) is 0 Å². The fourth-order valence-electron chi connectivity index (χ4n) is 4.46. The van der Waals surface area contributed by atoms with Crippen LogP contribution in [0.5, 0.6) is 11.5 Å². The van der Waals surface area contributed by atoms with Crippen molar-refractivity contribution in [2.24, 2.45) is 20.5 Å². The van der Waals surface area contributed by atoms with E-state index < -0.39 is 17.7 Å². The number of carboxylic acid groups (broad SMARTS) is 2. The molecule has 2 N–H and O–H groups in total. The van der Waals surface area contributed by atoms with Gasteiger partial charge in [-0.1, -0.05) is 83.5 Å². The molecule has 6 aromatic rings. The van der Waals surface area contributed by atoms with E-state index in [4.69, 9.17) is 23.2 Å². The van der Waals surface area contributed by atoms with Gasteiger partial charge in [0.05, 0.1) is 28.6 Å². The second-order valence-corrected chi connectivity index (χ2v) is 10.5. The number of rotatable bonds is 6. The summed E-state index contributed by atoms with van der Waals surface area (Å²) in [6, 6.07) is 29.0. The molecule has 6 aromatic carbocycles. The van der Waals surface area contributed by atoms with Crippen molar-refractivity contribution in [1.82, 2.24) is 0 Å². The third kappa shape index (κ3) is 8.10. The minimum atomic E-state index is -1.40. The smallest absolute Gasteiger partial charge is 0.871 e. The van der Waals surface area contributed by atoms with Crippen LogP contribution in [0.15, 0.2) is 130 Å². The summed E-state index contributed by atoms with van der Waals surface area (Å²) in [6.45, 7) is 0. The molecule has 0 aliphatic carbocycles. The molecule has 0 heterocycles. The van der Waals surface area contributed by atoms with Crippen molar-refractivity contribution in [2.45, 2.75) is 0 Å². The SMILES string of the molecule is O=C(O)c1cc(O)c(N=Nc2ccc(Cl)cc2)c2ccccc12.O=C([O-])c1cc([O-])c(N=Nc2ccc(Cl)cc2)c2ccccc12.[Cu+2]. The average Bonchev–Trinajstić information content (AvgIpc) is 3.05. The van der Waals surface area contributed by atoms with E-state index in [9.17, 15) is 30.0 Å². The first-order chi connectivity index (χ1) is 22.1. The number of phenols is 1. The summed E-state index contributed by atoms with van der Waals surface area (Å²) in [6.07, 6.45) is 0. The van der Waals surface area contributed by atoms with Gasteiger partial charge in [-0.25, -0.2) is 4.79 Å². The van der Waals surface area contributed by atoms with Gasteiger partial charge in [0.2, 0.25) is 0 Å². The molecule has 0 aromatic heterocycles. The van der Waals surface area contributed by atoms with E-state index in [0.29, 0.717) is 43.0 Å². The van der Waals surface area contributed by atoms with Crippen LogP contribution < -0.4 is 10.2 Å². The Hall–Kier alpha value is -5.32. The van der Waals surface area contributed by atoms with Gasteiger partial charge in [0.25, 0.3) is 0 Å². The van der Waals surface area contributed by atoms with Gasteiger partial charge in [-0.2, -0.15) is 15.3 Å². The number of halogens is 2. The molecule has 1 radical (unpaired) electrons. The van der Waals surface area contributed by atoms with Crippen LogP contribution in [0.2, 0.25) is 10.0 Å². The zero-order valence-electron chi connectivity index (χ0n) is 23.8. The molecule has 6 rings (SSSR count). The van der Waals surface area contributed by atoms with Gasteiger partial charge in [0, 0.05) is 26.4 Å². The topological polar surface area (TPSA) is 170 Å². The number of aromatic hydroxyl groups is 1. The average molecular weight is 715 g/mol. The first kappa shape index (κ1) is 34.6. The molecule has 0 unspecified atom stereocenters. The molecule has 0 spiro atoms. The fourth-order valence-corrected chi connectivity index (χ4v) is 4.72. The van der Waals surface area contributed by atoms with Crippen LogP contribution in [0, 0.1) is 0 Å². The second kappa shape index (κ2) is 15.3. The maximum absolute atomic E-state index is 12.2. The molecule has 10 nitrogen and oxygen atoms in total. The predicted molar refractivity (Wildman–Crippen MR) is 172 cm³/mol. The van der Waals surface area contributed by atoms with Gasteiger partial charge in [0.1, 0.15) is 11.4 Å². The number of phenolic OH excluding ortho intramolecular Hbond substituents is 1. The summed E-state index contributed by atoms with van der Waals surface area (Å²) in [4.78, 5) is 22.5. The van der Waals surface area contributed by atoms with Crippen LogP contribution in [0.1, 0.15) is 20.7 Å². The zero-order chi connectivity index (χ0) is 32.8. The van der Waals surface area contributed by atoms with E-state index in [2.05, 4.69) is 20.5 Å². The molecule has 47 heavy (non-hydrogen) atoms. The molecule has 0 amide bonds. The number of fused-ring (bicyclic) bond motifs is 2. The molecular weight excluding hydrogens is 695 g/mol. The molecule has 237 valence electrons. The second-order valence-electron chi connectivity index (χ2n) is 9.60. The third-order valence-corrected chi connectivity index (χ3v) is 7.12. The molecule has 0 fully saturated rings. The number of nitrogens with zero attached hydrogens (tertiary/aromatic N) is 4. The summed E-state index contributed by atoms with van der Waals surface area (Å²) in [7, 11) is 0. The molecule has 0 atom stereocenters. The maximum atomic E-state index is 12.2. The largest absolute Gasteiger partial charge is 2.00 e. The standard InChI is InChI=1S/2C17H11ClN2O3.Cu/c2*18-10-5-7-11(8-6-10)19-20-16-13-4-2-1-3-12(13)14(17(22)23)9-15(16)21;/h2*1-9,21H,(H,22,23);/q;;+2/p-2. The number of hydrogen-bond acceptors (Lipinski definition) is 9. The van der Waals surface area contributed by atoms with Crippen LogP contribution in [0.3, 0.4) is 0 Å². The molecule has 0 saturated carbocycles. The molecule has 0 bridgehead atoms. The molecule has 0 aliphatic rings. The Balaban J connectivity index is 0.000000208. The minimum Gasteiger partial charge on any atom is -0.871 e. The number of carbonyl (C=O) groups is 2. The number of carboxylic acids is 2. The van der Waals surface area contributed by atoms with Crippen LogP contribution in [0.25, 0.3) is 21.5 Å². The Morgan fingerprint density at radius 1 is 0.596 bits per heavy atom. The van der Waals surface area contributed by atoms with E-state index in [1.54, 1.807) is 97.1 Å². The molecule has 0 saturated heterocycles. The van der Waals surface area contributed by atoms with Crippen molar-refractivity contribution >= 4 is 79.4 Å². The van der Waals surface area contributed by atoms with Crippen LogP contribution in [0.4, 0.5) is 22.7 Å². The van der Waals surface area contributed by atoms with Gasteiger partial charge in [-0.15, -0.1) is 5.11 Å². The first-order valence-corrected chi connectivity index (χ1v) is 14.1. The van der Waals surface area contributed by atoms with Crippen molar-refractivity contribution in [3.63, 3.8) is 0 Å². The summed E-state index contributed by atoms with van der Waals surface area (Å²) < 4.78 is 0. The monoisotopic (exact) mass is 713 g/mol. The first-order valence-electron chi connectivity index (χ1n) is 13.4. The van der Waals surface area contributed by atoms with E-state index in [1.807, 2.05) is 0 Å². The number of aromatic carboxylic acids is 2. The maximum Gasteiger partial charge on any atom is 2.00 e. The van der Waals surface area contributed by atoms with E-state index >= 15 is 0 Å². The summed E-state index contributed by atoms with van der Waals surface area (Å²) >= 11 is 11.6. The summed E-state index contributed by atoms with van der Waals surface area (Å²) in [5.74, 6) is -3.28. The minimum absolute atomic E-state index is 0. The van der Waals surface area contributed by atoms with Gasteiger partial charge in [0.15, 0.2) is 0 Å². The van der Waals surface area contributed by atoms with Crippen LogP contribution in [-0.2, 0) is 17.1 Å². The Kier molecular flexibility index (Phi) is 11.3. The zero-order valence-corrected chi connectivity index (χ0v) is 26.2. The Morgan fingerprint density at radius 2 is 1.02 bits per heavy atom. The number of hydrogen-bond donors (Lipinski definition) is 2. The Bertz CT molecular complexity index is 2000. The molecule has 0 aliphatic heterocycles. The van der Waals surface area contributed by atoms with Gasteiger partial charge in [-0.05, 0) is 65.4 Å². The Morgan fingerprint density at radius 3 is 1.49 bits per heavy atom. The quantitative estimate of drug-likeness (QED) is 0.129. The van der Waals surface area contributed by atoms with Crippen molar-refractivity contribution < 1.29 is 47.1 Å². The van der Waals surface area contributed by atoms with Gasteiger partial charge >= 0.3 is 23.0 Å². The van der Waals surface area contributed by atoms with Gasteiger partial charge < -0.3 is 25.2 Å². The fraction of sp³-hybridized carbons (Fsp3) is 0. The van der Waals surface area contributed by atoms with Crippen LogP contribution in [-0.4, -0.2) is 22.2 Å². The number of benzene rings is 6. The number of carbonyl (C=O) groups excluding carboxylic acids is 1. The normalized spacial score (nSPS) is 10.9. The Labute approximate surface area is 287 Å². The van der Waals surface area contributed by atoms with E-state index in [1.165, 1.54) is 6.07 Å². The third-order valence-electron chi connectivity index (χ3n) is 6.61. The van der Waals surface area contributed by atoms with Crippen molar-refractivity contribution in [3.05, 3.63) is 130 Å². The molecular formula is C34H20Cl2CuN4O6. The molecule has 13 heteroatoms. The summed E-state index contributed by atoms with van der Waals surface area (Å²) in [5.41, 5.74) is 1.27. The number of azo groups is 2. The van der Waals surface area contributed by atoms with Crippen molar-refractivity contribution in [2.75, 3.05) is 0 Å². The van der Waals surface area contributed by atoms with E-state index in [-0.39, 0.29) is 45.3 Å². The van der Waals surface area contributed by atoms with Crippen molar-refractivity contribution in [3.8, 4) is 11.5 Å². The van der Waals surface area contributed by atoms with Crippen molar-refractivity contribution in [1.29, 1.82) is 0 Å². The van der Waals surface area contributed by atoms with Crippen LogP contribution >= 0.6 is 23.2 Å². The summed E-state index contributed by atoms with van der Waals surface area (Å²) in [5, 5.41) is 61.8. The predicted octanol–water partition coefficient (Wildman–Crippen LogP) is 8.66.